The normalized spacial score (nSPS) is 15.1. The Morgan fingerprint density at radius 2 is 2.05 bits per heavy atom. The van der Waals surface area contributed by atoms with E-state index < -0.39 is 23.6 Å². The molecule has 0 aromatic heterocycles. The fourth-order valence-corrected chi connectivity index (χ4v) is 2.01. The number of nitrogens with one attached hydrogen (secondary N) is 2. The van der Waals surface area contributed by atoms with Crippen LogP contribution >= 0.6 is 11.6 Å². The molecule has 2 rings (SSSR count). The number of halogens is 1. The zero-order valence-corrected chi connectivity index (χ0v) is 12.4. The Morgan fingerprint density at radius 3 is 2.67 bits per heavy atom. The SMILES string of the molecule is CC(NC(=O)c1cccc(Cl)c1)C(=O)C(=O)NCC1CC1. The van der Waals surface area contributed by atoms with Crippen LogP contribution in [-0.4, -0.2) is 30.2 Å². The van der Waals surface area contributed by atoms with Crippen molar-refractivity contribution in [1.29, 1.82) is 0 Å². The molecule has 0 aliphatic heterocycles. The average Bonchev–Trinajstić information content (AvgIpc) is 3.28. The number of ketones is 1. The van der Waals surface area contributed by atoms with Gasteiger partial charge in [-0.05, 0) is 43.9 Å². The third kappa shape index (κ3) is 4.56. The molecule has 1 fully saturated rings. The number of hydrogen-bond acceptors (Lipinski definition) is 3. The summed E-state index contributed by atoms with van der Waals surface area (Å²) in [6.07, 6.45) is 2.19. The van der Waals surface area contributed by atoms with Crippen LogP contribution in [0.15, 0.2) is 24.3 Å². The number of benzene rings is 1. The predicted octanol–water partition coefficient (Wildman–Crippen LogP) is 1.55. The third-order valence-corrected chi connectivity index (χ3v) is 3.53. The minimum atomic E-state index is -0.879. The lowest BCUT2D eigenvalue weighted by Gasteiger charge is -2.13. The van der Waals surface area contributed by atoms with Gasteiger partial charge >= 0.3 is 0 Å². The Bertz CT molecular complexity index is 570. The van der Waals surface area contributed by atoms with Crippen molar-refractivity contribution >= 4 is 29.2 Å². The molecule has 0 bridgehead atoms. The first-order valence-electron chi connectivity index (χ1n) is 6.86. The molecule has 5 nitrogen and oxygen atoms in total. The van der Waals surface area contributed by atoms with Crippen LogP contribution in [-0.2, 0) is 9.59 Å². The van der Waals surface area contributed by atoms with Gasteiger partial charge in [0.15, 0.2) is 0 Å². The largest absolute Gasteiger partial charge is 0.349 e. The Hall–Kier alpha value is -1.88. The van der Waals surface area contributed by atoms with Gasteiger partial charge in [0.25, 0.3) is 11.8 Å². The van der Waals surface area contributed by atoms with E-state index in [1.54, 1.807) is 18.2 Å². The van der Waals surface area contributed by atoms with Crippen molar-refractivity contribution in [2.45, 2.75) is 25.8 Å². The molecular formula is C15H17ClN2O3. The highest BCUT2D eigenvalue weighted by Gasteiger charge is 2.26. The van der Waals surface area contributed by atoms with Gasteiger partial charge in [0.1, 0.15) is 0 Å². The molecular weight excluding hydrogens is 292 g/mol. The number of amides is 2. The Kier molecular flexibility index (Phi) is 4.96. The molecule has 2 N–H and O–H groups in total. The van der Waals surface area contributed by atoms with E-state index in [4.69, 9.17) is 11.6 Å². The summed E-state index contributed by atoms with van der Waals surface area (Å²) in [5, 5.41) is 5.52. The van der Waals surface area contributed by atoms with Crippen LogP contribution in [0, 0.1) is 5.92 Å². The molecule has 1 saturated carbocycles. The van der Waals surface area contributed by atoms with E-state index in [1.807, 2.05) is 0 Å². The highest BCUT2D eigenvalue weighted by Crippen LogP contribution is 2.27. The summed E-state index contributed by atoms with van der Waals surface area (Å²) in [6.45, 7) is 2.01. The molecule has 1 aliphatic carbocycles. The lowest BCUT2D eigenvalue weighted by atomic mass is 10.1. The molecule has 21 heavy (non-hydrogen) atoms. The van der Waals surface area contributed by atoms with Gasteiger partial charge in [0, 0.05) is 17.1 Å². The topological polar surface area (TPSA) is 75.3 Å². The summed E-state index contributed by atoms with van der Waals surface area (Å²) in [7, 11) is 0. The molecule has 0 saturated heterocycles. The third-order valence-electron chi connectivity index (χ3n) is 3.30. The molecule has 1 aromatic carbocycles. The minimum Gasteiger partial charge on any atom is -0.349 e. The van der Waals surface area contributed by atoms with Crippen molar-refractivity contribution < 1.29 is 14.4 Å². The molecule has 112 valence electrons. The van der Waals surface area contributed by atoms with Crippen LogP contribution < -0.4 is 10.6 Å². The average molecular weight is 309 g/mol. The number of carbonyl (C=O) groups excluding carboxylic acids is 3. The zero-order chi connectivity index (χ0) is 15.4. The first kappa shape index (κ1) is 15.5. The summed E-state index contributed by atoms with van der Waals surface area (Å²) in [4.78, 5) is 35.5. The zero-order valence-electron chi connectivity index (χ0n) is 11.7. The minimum absolute atomic E-state index is 0.348. The smallest absolute Gasteiger partial charge is 0.289 e. The van der Waals surface area contributed by atoms with Crippen molar-refractivity contribution in [3.63, 3.8) is 0 Å². The maximum Gasteiger partial charge on any atom is 0.289 e. The van der Waals surface area contributed by atoms with Gasteiger partial charge in [-0.25, -0.2) is 0 Å². The quantitative estimate of drug-likeness (QED) is 0.783. The van der Waals surface area contributed by atoms with Gasteiger partial charge in [-0.3, -0.25) is 14.4 Å². The molecule has 1 aromatic rings. The Labute approximate surface area is 128 Å². The van der Waals surface area contributed by atoms with E-state index in [0.717, 1.165) is 12.8 Å². The van der Waals surface area contributed by atoms with Gasteiger partial charge in [-0.15, -0.1) is 0 Å². The van der Waals surface area contributed by atoms with Crippen molar-refractivity contribution in [3.8, 4) is 0 Å². The van der Waals surface area contributed by atoms with Crippen LogP contribution in [0.25, 0.3) is 0 Å². The van der Waals surface area contributed by atoms with Crippen molar-refractivity contribution in [2.75, 3.05) is 6.54 Å². The lowest BCUT2D eigenvalue weighted by molar-refractivity contribution is -0.138. The summed E-state index contributed by atoms with van der Waals surface area (Å²) in [6, 6.07) is 5.51. The standard InChI is InChI=1S/C15H17ClN2O3/c1-9(13(19)15(21)17-8-10-5-6-10)18-14(20)11-3-2-4-12(16)7-11/h2-4,7,9-10H,5-6,8H2,1H3,(H,17,21)(H,18,20). The maximum absolute atomic E-state index is 12.0. The summed E-state index contributed by atoms with van der Waals surface area (Å²) < 4.78 is 0. The molecule has 0 spiro atoms. The maximum atomic E-state index is 12.0. The number of rotatable bonds is 6. The summed E-state index contributed by atoms with van der Waals surface area (Å²) in [5.74, 6) is -1.24. The highest BCUT2D eigenvalue weighted by molar-refractivity contribution is 6.38. The van der Waals surface area contributed by atoms with Crippen molar-refractivity contribution in [3.05, 3.63) is 34.9 Å². The molecule has 1 aliphatic rings. The van der Waals surface area contributed by atoms with E-state index in [1.165, 1.54) is 13.0 Å². The number of hydrogen-bond donors (Lipinski definition) is 2. The van der Waals surface area contributed by atoms with Crippen molar-refractivity contribution in [1.82, 2.24) is 10.6 Å². The lowest BCUT2D eigenvalue weighted by Crippen LogP contribution is -2.46. The number of Topliss-reactive ketones (excluding diaryl/α,β-unsaturated/α-hetero) is 1. The summed E-state index contributed by atoms with van der Waals surface area (Å²) in [5.41, 5.74) is 0.348. The van der Waals surface area contributed by atoms with E-state index in [-0.39, 0.29) is 0 Å². The van der Waals surface area contributed by atoms with E-state index in [9.17, 15) is 14.4 Å². The fraction of sp³-hybridized carbons (Fsp3) is 0.400. The van der Waals surface area contributed by atoms with Gasteiger partial charge in [0.2, 0.25) is 5.78 Å². The van der Waals surface area contributed by atoms with Crippen LogP contribution in [0.1, 0.15) is 30.1 Å². The van der Waals surface area contributed by atoms with Crippen molar-refractivity contribution in [2.24, 2.45) is 5.92 Å². The second-order valence-corrected chi connectivity index (χ2v) is 5.66. The van der Waals surface area contributed by atoms with Crippen LogP contribution in [0.4, 0.5) is 0 Å². The van der Waals surface area contributed by atoms with Gasteiger partial charge in [-0.2, -0.15) is 0 Å². The molecule has 1 atom stereocenters. The Balaban J connectivity index is 1.87. The molecule has 0 radical (unpaired) electrons. The first-order chi connectivity index (χ1) is 9.97. The van der Waals surface area contributed by atoms with E-state index in [0.29, 0.717) is 23.0 Å². The Morgan fingerprint density at radius 1 is 1.33 bits per heavy atom. The predicted molar refractivity (Wildman–Crippen MR) is 79.1 cm³/mol. The van der Waals surface area contributed by atoms with Crippen LogP contribution in [0.3, 0.4) is 0 Å². The first-order valence-corrected chi connectivity index (χ1v) is 7.23. The molecule has 6 heteroatoms. The summed E-state index contributed by atoms with van der Waals surface area (Å²) >= 11 is 5.80. The molecule has 2 amide bonds. The van der Waals surface area contributed by atoms with Crippen LogP contribution in [0.5, 0.6) is 0 Å². The van der Waals surface area contributed by atoms with Crippen LogP contribution in [0.2, 0.25) is 5.02 Å². The second-order valence-electron chi connectivity index (χ2n) is 5.22. The molecule has 0 heterocycles. The monoisotopic (exact) mass is 308 g/mol. The van der Waals surface area contributed by atoms with Gasteiger partial charge < -0.3 is 10.6 Å². The second kappa shape index (κ2) is 6.72. The molecule has 1 unspecified atom stereocenters. The highest BCUT2D eigenvalue weighted by atomic mass is 35.5. The van der Waals surface area contributed by atoms with E-state index in [2.05, 4.69) is 10.6 Å². The van der Waals surface area contributed by atoms with Gasteiger partial charge in [-0.1, -0.05) is 17.7 Å². The van der Waals surface area contributed by atoms with E-state index >= 15 is 0 Å². The van der Waals surface area contributed by atoms with Gasteiger partial charge in [0.05, 0.1) is 6.04 Å². The fourth-order valence-electron chi connectivity index (χ4n) is 1.82. The number of carbonyl (C=O) groups is 3.